The van der Waals surface area contributed by atoms with Crippen LogP contribution in [0.2, 0.25) is 0 Å². The number of rotatable bonds is 9. The van der Waals surface area contributed by atoms with Crippen LogP contribution in [0.15, 0.2) is 30.3 Å². The second-order valence-corrected chi connectivity index (χ2v) is 11.7. The number of aliphatic hydroxyl groups excluding tert-OH is 2. The number of likely N-dealkylation sites (N-methyl/N-ethyl adjacent to an activating group) is 2. The first-order valence-electron chi connectivity index (χ1n) is 15.1. The molecule has 1 aliphatic rings. The van der Waals surface area contributed by atoms with Crippen molar-refractivity contribution < 1.29 is 48.6 Å². The van der Waals surface area contributed by atoms with Crippen molar-refractivity contribution in [3.8, 4) is 0 Å². The minimum Gasteiger partial charge on any atom is -0.391 e. The number of hydrogen-bond acceptors (Lipinski definition) is 10. The molecule has 18 heteroatoms. The van der Waals surface area contributed by atoms with E-state index in [4.69, 9.17) is 11.5 Å². The molecule has 0 bridgehead atoms. The highest BCUT2D eigenvalue weighted by Crippen LogP contribution is 2.13. The number of aliphatic hydroxyl groups is 2. The number of benzene rings is 1. The van der Waals surface area contributed by atoms with Gasteiger partial charge in [-0.05, 0) is 25.8 Å². The quantitative estimate of drug-likeness (QED) is 0.124. The van der Waals surface area contributed by atoms with E-state index < -0.39 is 103 Å². The van der Waals surface area contributed by atoms with Crippen LogP contribution in [-0.4, -0.2) is 130 Å². The summed E-state index contributed by atoms with van der Waals surface area (Å²) in [5, 5.41) is 30.4. The van der Waals surface area contributed by atoms with Crippen LogP contribution in [0.4, 0.5) is 0 Å². The Hall–Kier alpha value is -5.10. The van der Waals surface area contributed by atoms with Crippen molar-refractivity contribution in [1.29, 1.82) is 0 Å². The summed E-state index contributed by atoms with van der Waals surface area (Å²) in [5.74, 6) is -7.56. The van der Waals surface area contributed by atoms with E-state index in [-0.39, 0.29) is 19.3 Å². The molecule has 1 aliphatic heterocycles. The standard InChI is InChI=1S/C30H44N8O10/c1-15(39)24-28(46)34-19(13-22(32)42)29(47)37(3)14-23(43)35-25(16(2)40)30(48)38(4)20(10-11-21(31)41)27(45)33-18(26(44)36-24)12-17-8-6-5-7-9-17/h5-9,15-16,18-20,24-25,39-40H,10-14H2,1-4H3,(H2,31,41)(H2,32,42)(H,33,45)(H,34,46)(H,35,43)(H,36,44)/t15-,16-,18-,19+,20+,24+,25+/m1/s1. The van der Waals surface area contributed by atoms with E-state index in [1.807, 2.05) is 0 Å². The van der Waals surface area contributed by atoms with E-state index in [9.17, 15) is 48.6 Å². The van der Waals surface area contributed by atoms with Crippen molar-refractivity contribution in [2.45, 2.75) is 81.9 Å². The molecule has 0 radical (unpaired) electrons. The molecule has 1 saturated heterocycles. The summed E-state index contributed by atoms with van der Waals surface area (Å²) in [6.45, 7) is 1.67. The first-order valence-corrected chi connectivity index (χ1v) is 15.1. The second-order valence-electron chi connectivity index (χ2n) is 11.7. The molecule has 0 saturated carbocycles. The molecular weight excluding hydrogens is 632 g/mol. The Balaban J connectivity index is 2.67. The Kier molecular flexibility index (Phi) is 14.4. The topological polar surface area (TPSA) is 284 Å². The van der Waals surface area contributed by atoms with Gasteiger partial charge in [0.15, 0.2) is 0 Å². The molecule has 0 aromatic heterocycles. The van der Waals surface area contributed by atoms with Crippen molar-refractivity contribution >= 4 is 47.3 Å². The highest BCUT2D eigenvalue weighted by atomic mass is 16.3. The third-order valence-electron chi connectivity index (χ3n) is 7.60. The predicted molar refractivity (Wildman–Crippen MR) is 168 cm³/mol. The summed E-state index contributed by atoms with van der Waals surface area (Å²) < 4.78 is 0. The summed E-state index contributed by atoms with van der Waals surface area (Å²) >= 11 is 0. The highest BCUT2D eigenvalue weighted by Gasteiger charge is 2.38. The fourth-order valence-corrected chi connectivity index (χ4v) is 4.97. The van der Waals surface area contributed by atoms with Gasteiger partial charge < -0.3 is 52.7 Å². The van der Waals surface area contributed by atoms with Gasteiger partial charge in [-0.25, -0.2) is 0 Å². The predicted octanol–water partition coefficient (Wildman–Crippen LogP) is -4.63. The lowest BCUT2D eigenvalue weighted by atomic mass is 10.0. The monoisotopic (exact) mass is 676 g/mol. The number of carbonyl (C=O) groups excluding carboxylic acids is 8. The van der Waals surface area contributed by atoms with E-state index in [2.05, 4.69) is 21.3 Å². The van der Waals surface area contributed by atoms with Crippen LogP contribution < -0.4 is 32.7 Å². The lowest BCUT2D eigenvalue weighted by Gasteiger charge is -2.33. The molecule has 1 aromatic rings. The average molecular weight is 677 g/mol. The lowest BCUT2D eigenvalue weighted by Crippen LogP contribution is -2.63. The molecule has 48 heavy (non-hydrogen) atoms. The molecule has 10 N–H and O–H groups in total. The van der Waals surface area contributed by atoms with Crippen molar-refractivity contribution in [3.63, 3.8) is 0 Å². The minimum atomic E-state index is -1.70. The van der Waals surface area contributed by atoms with Gasteiger partial charge in [0.2, 0.25) is 47.3 Å². The van der Waals surface area contributed by atoms with Gasteiger partial charge in [-0.1, -0.05) is 30.3 Å². The Morgan fingerprint density at radius 3 is 1.92 bits per heavy atom. The third-order valence-corrected chi connectivity index (χ3v) is 7.60. The number of carbonyl (C=O) groups is 8. The van der Waals surface area contributed by atoms with Gasteiger partial charge in [-0.15, -0.1) is 0 Å². The maximum absolute atomic E-state index is 13.8. The SMILES string of the molecule is C[C@@H](O)[C@@H]1NC(=O)[C@@H](Cc2ccccc2)NC(=O)[C@H](CCC(N)=O)N(C)C(=O)[C@H]([C@@H](C)O)NC(=O)CN(C)C(=O)[C@H](CC(N)=O)NC1=O. The van der Waals surface area contributed by atoms with E-state index >= 15 is 0 Å². The molecule has 1 aromatic carbocycles. The van der Waals surface area contributed by atoms with Gasteiger partial charge in [0.25, 0.3) is 0 Å². The molecule has 7 atom stereocenters. The van der Waals surface area contributed by atoms with Gasteiger partial charge in [0.1, 0.15) is 30.2 Å². The summed E-state index contributed by atoms with van der Waals surface area (Å²) in [7, 11) is 2.36. The lowest BCUT2D eigenvalue weighted by molar-refractivity contribution is -0.146. The van der Waals surface area contributed by atoms with Crippen molar-refractivity contribution in [2.75, 3.05) is 20.6 Å². The first-order chi connectivity index (χ1) is 22.4. The Morgan fingerprint density at radius 1 is 0.792 bits per heavy atom. The van der Waals surface area contributed by atoms with Crippen LogP contribution in [0.3, 0.4) is 0 Å². The molecule has 1 fully saturated rings. The molecule has 8 amide bonds. The van der Waals surface area contributed by atoms with E-state index in [0.717, 1.165) is 16.8 Å². The number of nitrogens with one attached hydrogen (secondary N) is 4. The number of nitrogens with two attached hydrogens (primary N) is 2. The molecule has 1 heterocycles. The van der Waals surface area contributed by atoms with Gasteiger partial charge in [-0.3, -0.25) is 38.4 Å². The molecule has 264 valence electrons. The zero-order valence-electron chi connectivity index (χ0n) is 27.2. The highest BCUT2D eigenvalue weighted by molar-refractivity contribution is 5.98. The van der Waals surface area contributed by atoms with Crippen molar-refractivity contribution in [1.82, 2.24) is 31.1 Å². The minimum absolute atomic E-state index is 0.132. The number of primary amides is 2. The molecule has 0 spiro atoms. The first kappa shape index (κ1) is 39.1. The fraction of sp³-hybridized carbons (Fsp3) is 0.533. The van der Waals surface area contributed by atoms with Crippen LogP contribution >= 0.6 is 0 Å². The van der Waals surface area contributed by atoms with E-state index in [0.29, 0.717) is 5.56 Å². The van der Waals surface area contributed by atoms with Gasteiger partial charge in [0.05, 0.1) is 25.2 Å². The smallest absolute Gasteiger partial charge is 0.248 e. The van der Waals surface area contributed by atoms with Gasteiger partial charge in [0, 0.05) is 26.9 Å². The summed E-state index contributed by atoms with van der Waals surface area (Å²) in [6, 6.07) is 0.581. The summed E-state index contributed by atoms with van der Waals surface area (Å²) in [6.07, 6.45) is -4.57. The van der Waals surface area contributed by atoms with Crippen LogP contribution in [-0.2, 0) is 44.8 Å². The molecule has 0 aliphatic carbocycles. The maximum atomic E-state index is 13.8. The third kappa shape index (κ3) is 11.3. The molecular formula is C30H44N8O10. The Bertz CT molecular complexity index is 1370. The fourth-order valence-electron chi connectivity index (χ4n) is 4.97. The van der Waals surface area contributed by atoms with E-state index in [1.165, 1.54) is 20.9 Å². The van der Waals surface area contributed by atoms with Crippen LogP contribution in [0.25, 0.3) is 0 Å². The van der Waals surface area contributed by atoms with Crippen LogP contribution in [0, 0.1) is 0 Å². The molecule has 2 rings (SSSR count). The summed E-state index contributed by atoms with van der Waals surface area (Å²) in [4.78, 5) is 106. The van der Waals surface area contributed by atoms with Gasteiger partial charge in [-0.2, -0.15) is 0 Å². The zero-order chi connectivity index (χ0) is 36.3. The maximum Gasteiger partial charge on any atom is 0.248 e. The number of amides is 8. The van der Waals surface area contributed by atoms with Gasteiger partial charge >= 0.3 is 0 Å². The van der Waals surface area contributed by atoms with Crippen LogP contribution in [0.5, 0.6) is 0 Å². The van der Waals surface area contributed by atoms with Crippen molar-refractivity contribution in [2.24, 2.45) is 11.5 Å². The van der Waals surface area contributed by atoms with E-state index in [1.54, 1.807) is 30.3 Å². The summed E-state index contributed by atoms with van der Waals surface area (Å²) in [5.41, 5.74) is 11.2. The Morgan fingerprint density at radius 2 is 1.38 bits per heavy atom. The molecule has 18 nitrogen and oxygen atoms in total. The van der Waals surface area contributed by atoms with Crippen molar-refractivity contribution in [3.05, 3.63) is 35.9 Å². The second kappa shape index (κ2) is 17.7. The normalized spacial score (nSPS) is 25.1. The number of nitrogens with zero attached hydrogens (tertiary/aromatic N) is 2. The van der Waals surface area contributed by atoms with Crippen LogP contribution in [0.1, 0.15) is 38.7 Å². The number of hydrogen-bond donors (Lipinski definition) is 8. The largest absolute Gasteiger partial charge is 0.391 e. The average Bonchev–Trinajstić information content (AvgIpc) is 3.00. The zero-order valence-corrected chi connectivity index (χ0v) is 27.2. The Labute approximate surface area is 276 Å². The molecule has 0 unspecified atom stereocenters.